The van der Waals surface area contributed by atoms with E-state index in [0.717, 1.165) is 32.2 Å². The molecule has 1 fully saturated rings. The molecule has 0 bridgehead atoms. The molecule has 0 aromatic rings. The zero-order valence-electron chi connectivity index (χ0n) is 11.4. The highest BCUT2D eigenvalue weighted by atomic mass is 32.2. The van der Waals surface area contributed by atoms with Crippen LogP contribution in [-0.4, -0.2) is 46.0 Å². The lowest BCUT2D eigenvalue weighted by Crippen LogP contribution is -2.44. The van der Waals surface area contributed by atoms with Crippen molar-refractivity contribution < 1.29 is 13.2 Å². The molecule has 0 radical (unpaired) electrons. The third-order valence-corrected chi connectivity index (χ3v) is 4.90. The molecular weight excluding hydrogens is 252 g/mol. The maximum Gasteiger partial charge on any atom is 0.215 e. The summed E-state index contributed by atoms with van der Waals surface area (Å²) in [7, 11) is -3.14. The van der Waals surface area contributed by atoms with Gasteiger partial charge in [-0.25, -0.2) is 13.1 Å². The molecule has 0 aromatic carbocycles. The standard InChI is InChI=1S/C12H26N2O3S/c1-11(2)17-9-4-3-8-14-18(15,16)12-6-5-7-13-10-12/h11-14H,3-10H2,1-2H3. The van der Waals surface area contributed by atoms with E-state index in [1.807, 2.05) is 13.8 Å². The van der Waals surface area contributed by atoms with Crippen molar-refractivity contribution in [3.8, 4) is 0 Å². The molecule has 0 aliphatic carbocycles. The molecule has 1 rings (SSSR count). The van der Waals surface area contributed by atoms with Crippen molar-refractivity contribution in [1.82, 2.24) is 10.0 Å². The van der Waals surface area contributed by atoms with Crippen molar-refractivity contribution in [2.45, 2.75) is 50.9 Å². The van der Waals surface area contributed by atoms with Gasteiger partial charge in [-0.1, -0.05) is 0 Å². The summed E-state index contributed by atoms with van der Waals surface area (Å²) >= 11 is 0. The van der Waals surface area contributed by atoms with Gasteiger partial charge in [-0.05, 0) is 46.1 Å². The second-order valence-electron chi connectivity index (χ2n) is 5.03. The van der Waals surface area contributed by atoms with Crippen molar-refractivity contribution in [1.29, 1.82) is 0 Å². The van der Waals surface area contributed by atoms with Crippen LogP contribution < -0.4 is 10.0 Å². The van der Waals surface area contributed by atoms with Gasteiger partial charge in [-0.2, -0.15) is 0 Å². The van der Waals surface area contributed by atoms with Gasteiger partial charge in [-0.3, -0.25) is 0 Å². The fourth-order valence-corrected chi connectivity index (χ4v) is 3.44. The maximum atomic E-state index is 11.9. The molecule has 1 aliphatic rings. The van der Waals surface area contributed by atoms with Gasteiger partial charge in [0.05, 0.1) is 11.4 Å². The molecule has 1 heterocycles. The first kappa shape index (κ1) is 15.9. The van der Waals surface area contributed by atoms with E-state index in [1.54, 1.807) is 0 Å². The molecule has 5 nitrogen and oxygen atoms in total. The second-order valence-corrected chi connectivity index (χ2v) is 7.08. The van der Waals surface area contributed by atoms with Crippen LogP contribution in [0.2, 0.25) is 0 Å². The Labute approximate surface area is 111 Å². The minimum atomic E-state index is -3.14. The van der Waals surface area contributed by atoms with Crippen LogP contribution in [0.4, 0.5) is 0 Å². The van der Waals surface area contributed by atoms with E-state index in [-0.39, 0.29) is 11.4 Å². The van der Waals surface area contributed by atoms with E-state index in [2.05, 4.69) is 10.0 Å². The van der Waals surface area contributed by atoms with Crippen LogP contribution >= 0.6 is 0 Å². The van der Waals surface area contributed by atoms with Crippen molar-refractivity contribution >= 4 is 10.0 Å². The predicted octanol–water partition coefficient (Wildman–Crippen LogP) is 0.863. The average Bonchev–Trinajstić information content (AvgIpc) is 2.34. The summed E-state index contributed by atoms with van der Waals surface area (Å²) < 4.78 is 32.0. The molecule has 1 unspecified atom stereocenters. The molecular formula is C12H26N2O3S. The van der Waals surface area contributed by atoms with E-state index < -0.39 is 10.0 Å². The molecule has 18 heavy (non-hydrogen) atoms. The number of rotatable bonds is 8. The van der Waals surface area contributed by atoms with Gasteiger partial charge < -0.3 is 10.1 Å². The molecule has 0 amide bonds. The molecule has 1 saturated heterocycles. The fourth-order valence-electron chi connectivity index (χ4n) is 1.96. The van der Waals surface area contributed by atoms with Gasteiger partial charge >= 0.3 is 0 Å². The number of hydrogen-bond donors (Lipinski definition) is 2. The highest BCUT2D eigenvalue weighted by molar-refractivity contribution is 7.90. The van der Waals surface area contributed by atoms with Crippen LogP contribution in [0.25, 0.3) is 0 Å². The van der Waals surface area contributed by atoms with Crippen molar-refractivity contribution in [2.24, 2.45) is 0 Å². The largest absolute Gasteiger partial charge is 0.379 e. The van der Waals surface area contributed by atoms with Crippen LogP contribution in [0.15, 0.2) is 0 Å². The molecule has 1 aliphatic heterocycles. The quantitative estimate of drug-likeness (QED) is 0.646. The minimum absolute atomic E-state index is 0.245. The number of piperidine rings is 1. The molecule has 2 N–H and O–H groups in total. The lowest BCUT2D eigenvalue weighted by Gasteiger charge is -2.23. The lowest BCUT2D eigenvalue weighted by molar-refractivity contribution is 0.0762. The van der Waals surface area contributed by atoms with Gasteiger partial charge in [0.2, 0.25) is 10.0 Å². The van der Waals surface area contributed by atoms with Crippen molar-refractivity contribution in [3.05, 3.63) is 0 Å². The van der Waals surface area contributed by atoms with Crippen molar-refractivity contribution in [2.75, 3.05) is 26.2 Å². The second kappa shape index (κ2) is 8.09. The third kappa shape index (κ3) is 6.13. The highest BCUT2D eigenvalue weighted by Crippen LogP contribution is 2.10. The molecule has 6 heteroatoms. The van der Waals surface area contributed by atoms with E-state index in [4.69, 9.17) is 4.74 Å². The Morgan fingerprint density at radius 2 is 2.17 bits per heavy atom. The smallest absolute Gasteiger partial charge is 0.215 e. The molecule has 0 aromatic heterocycles. The normalized spacial score (nSPS) is 21.4. The van der Waals surface area contributed by atoms with E-state index in [9.17, 15) is 8.42 Å². The minimum Gasteiger partial charge on any atom is -0.379 e. The SMILES string of the molecule is CC(C)OCCCCNS(=O)(=O)C1CCCNC1. The summed E-state index contributed by atoms with van der Waals surface area (Å²) in [5, 5.41) is 2.86. The number of unbranched alkanes of at least 4 members (excludes halogenated alkanes) is 1. The summed E-state index contributed by atoms with van der Waals surface area (Å²) in [6.45, 7) is 6.71. The number of sulfonamides is 1. The Morgan fingerprint density at radius 1 is 1.39 bits per heavy atom. The first-order chi connectivity index (χ1) is 8.52. The summed E-state index contributed by atoms with van der Waals surface area (Å²) in [4.78, 5) is 0. The highest BCUT2D eigenvalue weighted by Gasteiger charge is 2.26. The molecule has 0 spiro atoms. The zero-order chi connectivity index (χ0) is 13.4. The summed E-state index contributed by atoms with van der Waals surface area (Å²) in [5.41, 5.74) is 0. The molecule has 0 saturated carbocycles. The van der Waals surface area contributed by atoms with Crippen LogP contribution in [-0.2, 0) is 14.8 Å². The Hall–Kier alpha value is -0.170. The van der Waals surface area contributed by atoms with Crippen LogP contribution in [0.3, 0.4) is 0 Å². The predicted molar refractivity (Wildman–Crippen MR) is 73.1 cm³/mol. The molecule has 1 atom stereocenters. The van der Waals surface area contributed by atoms with Gasteiger partial charge in [0.1, 0.15) is 0 Å². The van der Waals surface area contributed by atoms with Crippen molar-refractivity contribution in [3.63, 3.8) is 0 Å². The van der Waals surface area contributed by atoms with Gasteiger partial charge in [-0.15, -0.1) is 0 Å². The third-order valence-electron chi connectivity index (χ3n) is 3.02. The maximum absolute atomic E-state index is 11.9. The summed E-state index contributed by atoms with van der Waals surface area (Å²) in [6.07, 6.45) is 3.66. The summed E-state index contributed by atoms with van der Waals surface area (Å²) in [6, 6.07) is 0. The number of nitrogens with one attached hydrogen (secondary N) is 2. The average molecular weight is 278 g/mol. The Morgan fingerprint density at radius 3 is 2.78 bits per heavy atom. The monoisotopic (exact) mass is 278 g/mol. The Kier molecular flexibility index (Phi) is 7.14. The first-order valence-corrected chi connectivity index (χ1v) is 8.38. The number of ether oxygens (including phenoxy) is 1. The van der Waals surface area contributed by atoms with Crippen LogP contribution in [0.1, 0.15) is 39.5 Å². The van der Waals surface area contributed by atoms with Gasteiger partial charge in [0, 0.05) is 19.7 Å². The van der Waals surface area contributed by atoms with E-state index in [0.29, 0.717) is 19.7 Å². The van der Waals surface area contributed by atoms with E-state index >= 15 is 0 Å². The zero-order valence-corrected chi connectivity index (χ0v) is 12.3. The Balaban J connectivity index is 2.13. The van der Waals surface area contributed by atoms with Gasteiger partial charge in [0.15, 0.2) is 0 Å². The van der Waals surface area contributed by atoms with Crippen LogP contribution in [0, 0.1) is 0 Å². The lowest BCUT2D eigenvalue weighted by atomic mass is 10.2. The molecule has 108 valence electrons. The topological polar surface area (TPSA) is 67.4 Å². The fraction of sp³-hybridized carbons (Fsp3) is 1.00. The first-order valence-electron chi connectivity index (χ1n) is 6.83. The number of hydrogen-bond acceptors (Lipinski definition) is 4. The van der Waals surface area contributed by atoms with Gasteiger partial charge in [0.25, 0.3) is 0 Å². The Bertz CT molecular complexity index is 311. The van der Waals surface area contributed by atoms with E-state index in [1.165, 1.54) is 0 Å². The van der Waals surface area contributed by atoms with Crippen LogP contribution in [0.5, 0.6) is 0 Å². The summed E-state index contributed by atoms with van der Waals surface area (Å²) in [5.74, 6) is 0.